The van der Waals surface area contributed by atoms with Crippen LogP contribution in [-0.4, -0.2) is 18.2 Å². The number of hydrogen-bond donors (Lipinski definition) is 2. The number of aryl methyl sites for hydroxylation is 1. The van der Waals surface area contributed by atoms with Gasteiger partial charge in [-0.25, -0.2) is 0 Å². The van der Waals surface area contributed by atoms with Crippen LogP contribution in [0.1, 0.15) is 29.0 Å². The van der Waals surface area contributed by atoms with E-state index in [1.165, 1.54) is 0 Å². The lowest BCUT2D eigenvalue weighted by Crippen LogP contribution is -2.08. The fourth-order valence-electron chi connectivity index (χ4n) is 2.07. The quantitative estimate of drug-likeness (QED) is 0.728. The highest BCUT2D eigenvalue weighted by Gasteiger charge is 2.18. The number of nitriles is 1. The van der Waals surface area contributed by atoms with Crippen LogP contribution >= 0.6 is 0 Å². The van der Waals surface area contributed by atoms with Crippen LogP contribution in [-0.2, 0) is 0 Å². The van der Waals surface area contributed by atoms with E-state index in [1.807, 2.05) is 19.1 Å². The average molecular weight is 202 g/mol. The van der Waals surface area contributed by atoms with Crippen molar-refractivity contribution in [3.05, 3.63) is 28.8 Å². The molecule has 0 aliphatic carbocycles. The number of benzene rings is 1. The van der Waals surface area contributed by atoms with Crippen molar-refractivity contribution in [2.45, 2.75) is 19.3 Å². The molecule has 0 saturated carbocycles. The van der Waals surface area contributed by atoms with Crippen molar-refractivity contribution in [1.29, 1.82) is 5.26 Å². The Morgan fingerprint density at radius 1 is 1.53 bits per heavy atom. The number of nitrogens with zero attached hydrogens (tertiary/aromatic N) is 1. The lowest BCUT2D eigenvalue weighted by atomic mass is 9.94. The molecule has 1 aromatic carbocycles. The van der Waals surface area contributed by atoms with Crippen LogP contribution in [0, 0.1) is 18.3 Å². The fraction of sp³-hybridized carbons (Fsp3) is 0.417. The molecule has 0 amide bonds. The van der Waals surface area contributed by atoms with E-state index in [2.05, 4.69) is 5.32 Å². The molecule has 1 unspecified atom stereocenters. The van der Waals surface area contributed by atoms with E-state index >= 15 is 0 Å². The Balaban J connectivity index is 2.41. The van der Waals surface area contributed by atoms with Gasteiger partial charge in [0, 0.05) is 6.54 Å². The van der Waals surface area contributed by atoms with Gasteiger partial charge < -0.3 is 10.4 Å². The molecule has 0 spiro atoms. The number of hydrogen-bond acceptors (Lipinski definition) is 3. The minimum atomic E-state index is 0.118. The molecule has 3 nitrogen and oxygen atoms in total. The normalized spacial score (nSPS) is 20.1. The topological polar surface area (TPSA) is 56.0 Å². The van der Waals surface area contributed by atoms with Crippen LogP contribution in [0.25, 0.3) is 0 Å². The van der Waals surface area contributed by atoms with Gasteiger partial charge in [0.05, 0.1) is 5.56 Å². The molecule has 1 heterocycles. The monoisotopic (exact) mass is 202 g/mol. The van der Waals surface area contributed by atoms with Crippen molar-refractivity contribution in [3.63, 3.8) is 0 Å². The highest BCUT2D eigenvalue weighted by Crippen LogP contribution is 2.29. The van der Waals surface area contributed by atoms with E-state index in [9.17, 15) is 5.11 Å². The summed E-state index contributed by atoms with van der Waals surface area (Å²) in [5.41, 5.74) is 2.33. The summed E-state index contributed by atoms with van der Waals surface area (Å²) < 4.78 is 0. The van der Waals surface area contributed by atoms with Gasteiger partial charge in [0.15, 0.2) is 0 Å². The summed E-state index contributed by atoms with van der Waals surface area (Å²) in [6, 6.07) is 5.82. The minimum absolute atomic E-state index is 0.118. The maximum atomic E-state index is 9.63. The van der Waals surface area contributed by atoms with Crippen LogP contribution in [0.4, 0.5) is 0 Å². The maximum Gasteiger partial charge on any atom is 0.136 e. The Labute approximate surface area is 89.4 Å². The smallest absolute Gasteiger partial charge is 0.136 e. The van der Waals surface area contributed by atoms with Gasteiger partial charge >= 0.3 is 0 Å². The summed E-state index contributed by atoms with van der Waals surface area (Å²) in [6.45, 7) is 3.84. The molecule has 78 valence electrons. The molecule has 1 saturated heterocycles. The zero-order valence-electron chi connectivity index (χ0n) is 8.75. The predicted octanol–water partition coefficient (Wildman–Crippen LogP) is 1.65. The largest absolute Gasteiger partial charge is 0.506 e. The zero-order valence-corrected chi connectivity index (χ0v) is 8.75. The first kappa shape index (κ1) is 10.0. The lowest BCUT2D eigenvalue weighted by molar-refractivity contribution is 0.469. The Morgan fingerprint density at radius 2 is 2.33 bits per heavy atom. The summed E-state index contributed by atoms with van der Waals surface area (Å²) >= 11 is 0. The molecule has 1 aliphatic rings. The van der Waals surface area contributed by atoms with Crippen LogP contribution in [0.15, 0.2) is 12.1 Å². The van der Waals surface area contributed by atoms with Gasteiger partial charge in [-0.15, -0.1) is 0 Å². The second kappa shape index (κ2) is 3.92. The molecule has 0 radical (unpaired) electrons. The van der Waals surface area contributed by atoms with E-state index in [4.69, 9.17) is 5.26 Å². The SMILES string of the molecule is Cc1cc(C2CCNC2)cc(C#N)c1O. The Morgan fingerprint density at radius 3 is 2.93 bits per heavy atom. The van der Waals surface area contributed by atoms with E-state index < -0.39 is 0 Å². The summed E-state index contributed by atoms with van der Waals surface area (Å²) in [4.78, 5) is 0. The first-order chi connectivity index (χ1) is 7.22. The lowest BCUT2D eigenvalue weighted by Gasteiger charge is -2.11. The molecule has 1 aliphatic heterocycles. The predicted molar refractivity (Wildman–Crippen MR) is 57.8 cm³/mol. The standard InChI is InChI=1S/C12H14N2O/c1-8-4-10(9-2-3-14-7-9)5-11(6-13)12(8)15/h4-5,9,14-15H,2-3,7H2,1H3. The van der Waals surface area contributed by atoms with Gasteiger partial charge in [-0.3, -0.25) is 0 Å². The second-order valence-corrected chi connectivity index (χ2v) is 4.04. The van der Waals surface area contributed by atoms with E-state index in [0.29, 0.717) is 11.5 Å². The van der Waals surface area contributed by atoms with Gasteiger partial charge in [-0.1, -0.05) is 6.07 Å². The summed E-state index contributed by atoms with van der Waals surface area (Å²) in [6.07, 6.45) is 1.11. The summed E-state index contributed by atoms with van der Waals surface area (Å²) in [5, 5.41) is 21.8. The first-order valence-corrected chi connectivity index (χ1v) is 5.16. The molecule has 1 aromatic rings. The molecular formula is C12H14N2O. The molecule has 15 heavy (non-hydrogen) atoms. The maximum absolute atomic E-state index is 9.63. The highest BCUT2D eigenvalue weighted by atomic mass is 16.3. The van der Waals surface area contributed by atoms with Gasteiger partial charge in [0.25, 0.3) is 0 Å². The van der Waals surface area contributed by atoms with E-state index in [0.717, 1.165) is 30.6 Å². The van der Waals surface area contributed by atoms with Crippen molar-refractivity contribution in [1.82, 2.24) is 5.32 Å². The molecule has 0 bridgehead atoms. The third-order valence-electron chi connectivity index (χ3n) is 2.97. The minimum Gasteiger partial charge on any atom is -0.506 e. The van der Waals surface area contributed by atoms with E-state index in [1.54, 1.807) is 6.07 Å². The highest BCUT2D eigenvalue weighted by molar-refractivity contribution is 5.50. The van der Waals surface area contributed by atoms with Crippen LogP contribution in [0.3, 0.4) is 0 Å². The Hall–Kier alpha value is -1.53. The number of rotatable bonds is 1. The Bertz CT molecular complexity index is 414. The van der Waals surface area contributed by atoms with Crippen molar-refractivity contribution >= 4 is 0 Å². The molecule has 3 heteroatoms. The molecular weight excluding hydrogens is 188 g/mol. The van der Waals surface area contributed by atoms with Crippen molar-refractivity contribution in [2.75, 3.05) is 13.1 Å². The van der Waals surface area contributed by atoms with Gasteiger partial charge in [-0.2, -0.15) is 5.26 Å². The van der Waals surface area contributed by atoms with Crippen molar-refractivity contribution < 1.29 is 5.11 Å². The van der Waals surface area contributed by atoms with Crippen molar-refractivity contribution in [3.8, 4) is 11.8 Å². The third kappa shape index (κ3) is 1.81. The van der Waals surface area contributed by atoms with Crippen molar-refractivity contribution in [2.24, 2.45) is 0 Å². The number of aromatic hydroxyl groups is 1. The van der Waals surface area contributed by atoms with Gasteiger partial charge in [0.1, 0.15) is 11.8 Å². The number of phenolic OH excluding ortho intramolecular Hbond substituents is 1. The number of phenols is 1. The first-order valence-electron chi connectivity index (χ1n) is 5.16. The summed E-state index contributed by atoms with van der Waals surface area (Å²) in [7, 11) is 0. The Kier molecular flexibility index (Phi) is 2.61. The molecule has 2 rings (SSSR count). The van der Waals surface area contributed by atoms with Crippen LogP contribution in [0.5, 0.6) is 5.75 Å². The van der Waals surface area contributed by atoms with Crippen LogP contribution < -0.4 is 5.32 Å². The third-order valence-corrected chi connectivity index (χ3v) is 2.97. The zero-order chi connectivity index (χ0) is 10.8. The molecule has 0 aromatic heterocycles. The molecule has 1 atom stereocenters. The van der Waals surface area contributed by atoms with Crippen LogP contribution in [0.2, 0.25) is 0 Å². The van der Waals surface area contributed by atoms with Gasteiger partial charge in [0.2, 0.25) is 0 Å². The molecule has 2 N–H and O–H groups in total. The fourth-order valence-corrected chi connectivity index (χ4v) is 2.07. The molecule has 1 fully saturated rings. The number of nitrogens with one attached hydrogen (secondary N) is 1. The second-order valence-electron chi connectivity index (χ2n) is 4.04. The average Bonchev–Trinajstić information content (AvgIpc) is 2.75. The summed E-state index contributed by atoms with van der Waals surface area (Å²) in [5.74, 6) is 0.601. The van der Waals surface area contributed by atoms with E-state index in [-0.39, 0.29) is 5.75 Å². The van der Waals surface area contributed by atoms with Gasteiger partial charge in [-0.05, 0) is 43.0 Å².